The molecule has 0 aromatic carbocycles. The van der Waals surface area contributed by atoms with E-state index in [2.05, 4.69) is 5.32 Å². The maximum atomic E-state index is 12.0. The lowest BCUT2D eigenvalue weighted by Crippen LogP contribution is -2.40. The molecule has 1 aromatic rings. The van der Waals surface area contributed by atoms with Gasteiger partial charge >= 0.3 is 5.97 Å². The monoisotopic (exact) mass is 253 g/mol. The molecule has 0 spiro atoms. The predicted octanol–water partition coefficient (Wildman–Crippen LogP) is 2.07. The first-order valence-corrected chi connectivity index (χ1v) is 6.07. The number of nitrogens with one attached hydrogen (secondary N) is 1. The quantitative estimate of drug-likeness (QED) is 0.813. The zero-order valence-corrected chi connectivity index (χ0v) is 10.9. The Labute approximate surface area is 106 Å². The van der Waals surface area contributed by atoms with Gasteiger partial charge in [0.05, 0.1) is 17.7 Å². The zero-order valence-electron chi connectivity index (χ0n) is 10.9. The SMILES string of the molecule is CCCc1occc1C(=O)NC(C)C(C)C(=O)O. The van der Waals surface area contributed by atoms with Gasteiger partial charge in [0.15, 0.2) is 0 Å². The molecule has 1 aromatic heterocycles. The molecule has 0 saturated carbocycles. The van der Waals surface area contributed by atoms with Crippen molar-refractivity contribution < 1.29 is 19.1 Å². The average molecular weight is 253 g/mol. The van der Waals surface area contributed by atoms with Crippen LogP contribution in [0.2, 0.25) is 0 Å². The van der Waals surface area contributed by atoms with E-state index < -0.39 is 17.9 Å². The van der Waals surface area contributed by atoms with Gasteiger partial charge < -0.3 is 14.8 Å². The Morgan fingerprint density at radius 1 is 1.44 bits per heavy atom. The Hall–Kier alpha value is -1.78. The maximum absolute atomic E-state index is 12.0. The van der Waals surface area contributed by atoms with Gasteiger partial charge in [-0.15, -0.1) is 0 Å². The lowest BCUT2D eigenvalue weighted by atomic mass is 10.0. The molecule has 1 rings (SSSR count). The fraction of sp³-hybridized carbons (Fsp3) is 0.538. The smallest absolute Gasteiger partial charge is 0.308 e. The number of amides is 1. The van der Waals surface area contributed by atoms with E-state index >= 15 is 0 Å². The van der Waals surface area contributed by atoms with E-state index in [1.54, 1.807) is 19.9 Å². The van der Waals surface area contributed by atoms with E-state index in [9.17, 15) is 9.59 Å². The summed E-state index contributed by atoms with van der Waals surface area (Å²) in [6.45, 7) is 5.24. The highest BCUT2D eigenvalue weighted by Crippen LogP contribution is 2.13. The summed E-state index contributed by atoms with van der Waals surface area (Å²) in [5.41, 5.74) is 0.487. The van der Waals surface area contributed by atoms with Crippen LogP contribution < -0.4 is 5.32 Å². The second-order valence-electron chi connectivity index (χ2n) is 4.40. The van der Waals surface area contributed by atoms with Crippen LogP contribution in [0.4, 0.5) is 0 Å². The van der Waals surface area contributed by atoms with Crippen LogP contribution >= 0.6 is 0 Å². The van der Waals surface area contributed by atoms with Gasteiger partial charge in [-0.05, 0) is 26.3 Å². The van der Waals surface area contributed by atoms with Crippen LogP contribution in [-0.2, 0) is 11.2 Å². The van der Waals surface area contributed by atoms with E-state index in [0.29, 0.717) is 17.7 Å². The summed E-state index contributed by atoms with van der Waals surface area (Å²) in [5, 5.41) is 11.5. The Morgan fingerprint density at radius 3 is 2.67 bits per heavy atom. The molecule has 18 heavy (non-hydrogen) atoms. The number of aryl methyl sites for hydroxylation is 1. The molecule has 1 heterocycles. The van der Waals surface area contributed by atoms with Gasteiger partial charge in [0.2, 0.25) is 0 Å². The van der Waals surface area contributed by atoms with Crippen molar-refractivity contribution in [2.24, 2.45) is 5.92 Å². The summed E-state index contributed by atoms with van der Waals surface area (Å²) in [7, 11) is 0. The van der Waals surface area contributed by atoms with Crippen molar-refractivity contribution in [3.63, 3.8) is 0 Å². The highest BCUT2D eigenvalue weighted by Gasteiger charge is 2.23. The number of rotatable bonds is 6. The van der Waals surface area contributed by atoms with Crippen molar-refractivity contribution in [3.05, 3.63) is 23.7 Å². The normalized spacial score (nSPS) is 13.9. The minimum Gasteiger partial charge on any atom is -0.481 e. The number of furan rings is 1. The van der Waals surface area contributed by atoms with Crippen LogP contribution in [0.15, 0.2) is 16.7 Å². The van der Waals surface area contributed by atoms with E-state index in [4.69, 9.17) is 9.52 Å². The first-order chi connectivity index (χ1) is 8.47. The van der Waals surface area contributed by atoms with Gasteiger partial charge in [-0.25, -0.2) is 0 Å². The van der Waals surface area contributed by atoms with Crippen molar-refractivity contribution in [2.75, 3.05) is 0 Å². The predicted molar refractivity (Wildman–Crippen MR) is 66.4 cm³/mol. The van der Waals surface area contributed by atoms with E-state index in [0.717, 1.165) is 6.42 Å². The number of carbonyl (C=O) groups excluding carboxylic acids is 1. The lowest BCUT2D eigenvalue weighted by Gasteiger charge is -2.17. The van der Waals surface area contributed by atoms with Crippen molar-refractivity contribution in [1.82, 2.24) is 5.32 Å². The number of aliphatic carboxylic acids is 1. The van der Waals surface area contributed by atoms with Gasteiger partial charge in [-0.3, -0.25) is 9.59 Å². The molecule has 2 N–H and O–H groups in total. The summed E-state index contributed by atoms with van der Waals surface area (Å²) >= 11 is 0. The molecule has 0 aliphatic carbocycles. The number of carboxylic acid groups (broad SMARTS) is 1. The van der Waals surface area contributed by atoms with E-state index in [1.807, 2.05) is 6.92 Å². The largest absolute Gasteiger partial charge is 0.481 e. The van der Waals surface area contributed by atoms with Crippen molar-refractivity contribution in [2.45, 2.75) is 39.7 Å². The molecule has 5 nitrogen and oxygen atoms in total. The van der Waals surface area contributed by atoms with Crippen molar-refractivity contribution >= 4 is 11.9 Å². The minimum atomic E-state index is -0.927. The summed E-state index contributed by atoms with van der Waals surface area (Å²) in [4.78, 5) is 22.8. The third-order valence-corrected chi connectivity index (χ3v) is 2.97. The van der Waals surface area contributed by atoms with Crippen LogP contribution in [0.5, 0.6) is 0 Å². The van der Waals surface area contributed by atoms with Crippen LogP contribution in [-0.4, -0.2) is 23.0 Å². The first kappa shape index (κ1) is 14.3. The summed E-state index contributed by atoms with van der Waals surface area (Å²) in [6.07, 6.45) is 3.05. The van der Waals surface area contributed by atoms with Gasteiger partial charge in [0.1, 0.15) is 5.76 Å². The maximum Gasteiger partial charge on any atom is 0.308 e. The second kappa shape index (κ2) is 6.23. The Bertz CT molecular complexity index is 424. The first-order valence-electron chi connectivity index (χ1n) is 6.07. The highest BCUT2D eigenvalue weighted by atomic mass is 16.4. The van der Waals surface area contributed by atoms with Crippen molar-refractivity contribution in [1.29, 1.82) is 0 Å². The summed E-state index contributed by atoms with van der Waals surface area (Å²) in [6, 6.07) is 1.18. The third kappa shape index (κ3) is 3.35. The average Bonchev–Trinajstić information content (AvgIpc) is 2.76. The number of carboxylic acids is 1. The minimum absolute atomic E-state index is 0.284. The van der Waals surface area contributed by atoms with Gasteiger partial charge in [0, 0.05) is 12.5 Å². The summed E-state index contributed by atoms with van der Waals surface area (Å²) < 4.78 is 5.24. The van der Waals surface area contributed by atoms with Gasteiger partial charge in [-0.1, -0.05) is 6.92 Å². The topological polar surface area (TPSA) is 79.5 Å². The molecule has 0 aliphatic heterocycles. The second-order valence-corrected chi connectivity index (χ2v) is 4.40. The molecule has 0 radical (unpaired) electrons. The lowest BCUT2D eigenvalue weighted by molar-refractivity contribution is -0.141. The van der Waals surface area contributed by atoms with E-state index in [-0.39, 0.29) is 5.91 Å². The molecule has 100 valence electrons. The molecular weight excluding hydrogens is 234 g/mol. The molecular formula is C13H19NO4. The van der Waals surface area contributed by atoms with Gasteiger partial charge in [-0.2, -0.15) is 0 Å². The summed E-state index contributed by atoms with van der Waals surface area (Å²) in [5.74, 6) is -1.20. The van der Waals surface area contributed by atoms with Crippen LogP contribution in [0.25, 0.3) is 0 Å². The fourth-order valence-corrected chi connectivity index (χ4v) is 1.59. The number of hydrogen-bond donors (Lipinski definition) is 2. The molecule has 0 aliphatic rings. The Morgan fingerprint density at radius 2 is 2.11 bits per heavy atom. The highest BCUT2D eigenvalue weighted by molar-refractivity contribution is 5.95. The van der Waals surface area contributed by atoms with Crippen molar-refractivity contribution in [3.8, 4) is 0 Å². The molecule has 5 heteroatoms. The van der Waals surface area contributed by atoms with Crippen LogP contribution in [0, 0.1) is 5.92 Å². The van der Waals surface area contributed by atoms with E-state index in [1.165, 1.54) is 6.26 Å². The molecule has 0 bridgehead atoms. The van der Waals surface area contributed by atoms with Crippen LogP contribution in [0.3, 0.4) is 0 Å². The van der Waals surface area contributed by atoms with Gasteiger partial charge in [0.25, 0.3) is 5.91 Å². The number of carbonyl (C=O) groups is 2. The standard InChI is InChI=1S/C13H19NO4/c1-4-5-11-10(6-7-18-11)12(15)14-9(3)8(2)13(16)17/h6-9H,4-5H2,1-3H3,(H,14,15)(H,16,17). The molecule has 0 saturated heterocycles. The Kier molecular flexibility index (Phi) is 4.95. The Balaban J connectivity index is 2.70. The third-order valence-electron chi connectivity index (χ3n) is 2.97. The molecule has 0 fully saturated rings. The molecule has 1 amide bonds. The number of hydrogen-bond acceptors (Lipinski definition) is 3. The molecule has 2 atom stereocenters. The molecule has 2 unspecified atom stereocenters. The van der Waals surface area contributed by atoms with Crippen LogP contribution in [0.1, 0.15) is 43.3 Å². The fourth-order valence-electron chi connectivity index (χ4n) is 1.59. The zero-order chi connectivity index (χ0) is 13.7.